The van der Waals surface area contributed by atoms with Gasteiger partial charge in [-0.1, -0.05) is 0 Å². The van der Waals surface area contributed by atoms with Crippen molar-refractivity contribution in [1.29, 1.82) is 0 Å². The van der Waals surface area contributed by atoms with Crippen LogP contribution in [0, 0.1) is 0 Å². The molecule has 0 amide bonds. The zero-order valence-electron chi connectivity index (χ0n) is 6.90. The highest BCUT2D eigenvalue weighted by atomic mass is 16.3. The first-order valence-electron chi connectivity index (χ1n) is 3.92. The molecule has 0 radical (unpaired) electrons. The summed E-state index contributed by atoms with van der Waals surface area (Å²) in [5.41, 5.74) is 0. The van der Waals surface area contributed by atoms with Crippen molar-refractivity contribution in [2.24, 2.45) is 0 Å². The van der Waals surface area contributed by atoms with Crippen LogP contribution in [0.25, 0.3) is 0 Å². The fourth-order valence-corrected chi connectivity index (χ4v) is 1.24. The lowest BCUT2D eigenvalue weighted by Crippen LogP contribution is -2.54. The van der Waals surface area contributed by atoms with Crippen molar-refractivity contribution in [2.45, 2.75) is 6.10 Å². The lowest BCUT2D eigenvalue weighted by Gasteiger charge is -2.38. The predicted molar refractivity (Wildman–Crippen MR) is 42.2 cm³/mol. The van der Waals surface area contributed by atoms with Gasteiger partial charge in [0.05, 0.1) is 19.4 Å². The van der Waals surface area contributed by atoms with E-state index in [1.54, 1.807) is 0 Å². The monoisotopic (exact) mass is 160 g/mol. The van der Waals surface area contributed by atoms with Gasteiger partial charge in [0.25, 0.3) is 0 Å². The van der Waals surface area contributed by atoms with E-state index in [0.717, 1.165) is 19.8 Å². The average molecular weight is 160 g/mol. The molecule has 0 spiro atoms. The van der Waals surface area contributed by atoms with Gasteiger partial charge in [-0.05, 0) is 7.05 Å². The van der Waals surface area contributed by atoms with Crippen LogP contribution in [-0.4, -0.2) is 66.1 Å². The van der Waals surface area contributed by atoms with E-state index < -0.39 is 0 Å². The molecular formula is C7H16N2O2. The molecule has 0 aromatic rings. The van der Waals surface area contributed by atoms with Crippen LogP contribution in [-0.2, 0) is 0 Å². The van der Waals surface area contributed by atoms with E-state index in [-0.39, 0.29) is 12.7 Å². The zero-order valence-corrected chi connectivity index (χ0v) is 6.90. The number of aliphatic hydroxyl groups excluding tert-OH is 2. The van der Waals surface area contributed by atoms with Gasteiger partial charge in [0.2, 0.25) is 0 Å². The summed E-state index contributed by atoms with van der Waals surface area (Å²) in [5.74, 6) is 0. The molecule has 1 aliphatic rings. The second kappa shape index (κ2) is 4.01. The molecule has 4 heteroatoms. The predicted octanol–water partition coefficient (Wildman–Crippen LogP) is -1.46. The van der Waals surface area contributed by atoms with E-state index in [1.807, 2.05) is 11.9 Å². The van der Waals surface area contributed by atoms with Crippen LogP contribution >= 0.6 is 0 Å². The summed E-state index contributed by atoms with van der Waals surface area (Å²) in [6.07, 6.45) is -0.127. The molecule has 0 atom stereocenters. The summed E-state index contributed by atoms with van der Waals surface area (Å²) >= 11 is 0. The highest BCUT2D eigenvalue weighted by Gasteiger charge is 2.24. The van der Waals surface area contributed by atoms with Crippen LogP contribution in [0.3, 0.4) is 0 Å². The summed E-state index contributed by atoms with van der Waals surface area (Å²) in [4.78, 5) is 4.17. The number of likely N-dealkylation sites (N-methyl/N-ethyl adjacent to an activating group) is 1. The van der Waals surface area contributed by atoms with Crippen molar-refractivity contribution in [2.75, 3.05) is 40.0 Å². The largest absolute Gasteiger partial charge is 0.395 e. The molecule has 0 aliphatic carbocycles. The molecule has 4 nitrogen and oxygen atoms in total. The third-order valence-corrected chi connectivity index (χ3v) is 1.86. The molecule has 1 saturated heterocycles. The Labute approximate surface area is 67.0 Å². The molecule has 1 rings (SSSR count). The Balaban J connectivity index is 2.02. The number of nitrogens with zero attached hydrogens (tertiary/aromatic N) is 2. The Hall–Kier alpha value is -0.160. The van der Waals surface area contributed by atoms with Crippen molar-refractivity contribution < 1.29 is 10.2 Å². The molecule has 1 heterocycles. The minimum Gasteiger partial charge on any atom is -0.395 e. The number of hydrogen-bond acceptors (Lipinski definition) is 4. The molecule has 1 aliphatic heterocycles. The Morgan fingerprint density at radius 2 is 2.18 bits per heavy atom. The number of likely N-dealkylation sites (tertiary alicyclic amines) is 1. The van der Waals surface area contributed by atoms with E-state index in [4.69, 9.17) is 10.2 Å². The van der Waals surface area contributed by atoms with Gasteiger partial charge in [-0.15, -0.1) is 0 Å². The third-order valence-electron chi connectivity index (χ3n) is 1.86. The molecule has 0 bridgehead atoms. The highest BCUT2D eigenvalue weighted by Crippen LogP contribution is 2.06. The minimum absolute atomic E-state index is 0.127. The fourth-order valence-electron chi connectivity index (χ4n) is 1.24. The molecule has 0 saturated carbocycles. The topological polar surface area (TPSA) is 46.9 Å². The quantitative estimate of drug-likeness (QED) is 0.528. The lowest BCUT2D eigenvalue weighted by atomic mass is 10.2. The molecule has 0 unspecified atom stereocenters. The van der Waals surface area contributed by atoms with Gasteiger partial charge < -0.3 is 10.2 Å². The maximum atomic E-state index is 8.95. The van der Waals surface area contributed by atoms with Crippen LogP contribution in [0.2, 0.25) is 0 Å². The Kier molecular flexibility index (Phi) is 3.26. The van der Waals surface area contributed by atoms with Crippen LogP contribution in [0.1, 0.15) is 0 Å². The standard InChI is InChI=1S/C7H16N2O2/c1-8(2-3-10)6-9-4-7(11)5-9/h7,10-11H,2-6H2,1H3. The van der Waals surface area contributed by atoms with E-state index in [1.165, 1.54) is 0 Å². The van der Waals surface area contributed by atoms with Crippen LogP contribution in [0.5, 0.6) is 0 Å². The first-order chi connectivity index (χ1) is 5.22. The van der Waals surface area contributed by atoms with E-state index in [9.17, 15) is 0 Å². The van der Waals surface area contributed by atoms with Crippen molar-refractivity contribution >= 4 is 0 Å². The minimum atomic E-state index is -0.127. The second-order valence-corrected chi connectivity index (χ2v) is 3.13. The average Bonchev–Trinajstić information content (AvgIpc) is 1.85. The van der Waals surface area contributed by atoms with Gasteiger partial charge in [0.1, 0.15) is 0 Å². The van der Waals surface area contributed by atoms with E-state index in [2.05, 4.69) is 4.90 Å². The highest BCUT2D eigenvalue weighted by molar-refractivity contribution is 4.77. The van der Waals surface area contributed by atoms with E-state index in [0.29, 0.717) is 6.54 Å². The zero-order chi connectivity index (χ0) is 8.27. The van der Waals surface area contributed by atoms with E-state index >= 15 is 0 Å². The molecule has 2 N–H and O–H groups in total. The molecule has 0 aromatic carbocycles. The van der Waals surface area contributed by atoms with Gasteiger partial charge in [0, 0.05) is 19.6 Å². The fraction of sp³-hybridized carbons (Fsp3) is 1.00. The lowest BCUT2D eigenvalue weighted by molar-refractivity contribution is -0.0263. The summed E-state index contributed by atoms with van der Waals surface area (Å²) in [7, 11) is 1.96. The first-order valence-corrected chi connectivity index (χ1v) is 3.92. The summed E-state index contributed by atoms with van der Waals surface area (Å²) in [6, 6.07) is 0. The van der Waals surface area contributed by atoms with Crippen molar-refractivity contribution in [3.63, 3.8) is 0 Å². The van der Waals surface area contributed by atoms with Crippen LogP contribution in [0.15, 0.2) is 0 Å². The van der Waals surface area contributed by atoms with Gasteiger partial charge in [-0.2, -0.15) is 0 Å². The Bertz CT molecular complexity index is 112. The first kappa shape index (κ1) is 8.93. The smallest absolute Gasteiger partial charge is 0.0794 e. The van der Waals surface area contributed by atoms with Crippen molar-refractivity contribution in [1.82, 2.24) is 9.80 Å². The van der Waals surface area contributed by atoms with Crippen molar-refractivity contribution in [3.8, 4) is 0 Å². The summed E-state index contributed by atoms with van der Waals surface area (Å²) < 4.78 is 0. The molecule has 66 valence electrons. The second-order valence-electron chi connectivity index (χ2n) is 3.13. The van der Waals surface area contributed by atoms with Gasteiger partial charge in [-0.25, -0.2) is 0 Å². The maximum Gasteiger partial charge on any atom is 0.0794 e. The summed E-state index contributed by atoms with van der Waals surface area (Å²) in [5, 5.41) is 17.5. The SMILES string of the molecule is CN(CCO)CN1CC(O)C1. The van der Waals surface area contributed by atoms with Crippen molar-refractivity contribution in [3.05, 3.63) is 0 Å². The molecular weight excluding hydrogens is 144 g/mol. The number of hydrogen-bond donors (Lipinski definition) is 2. The molecule has 1 fully saturated rings. The normalized spacial score (nSPS) is 20.7. The number of rotatable bonds is 4. The summed E-state index contributed by atoms with van der Waals surface area (Å²) in [6.45, 7) is 3.29. The maximum absolute atomic E-state index is 8.95. The number of aliphatic hydroxyl groups is 2. The Morgan fingerprint density at radius 1 is 1.55 bits per heavy atom. The van der Waals surface area contributed by atoms with Crippen LogP contribution < -0.4 is 0 Å². The van der Waals surface area contributed by atoms with Gasteiger partial charge in [0.15, 0.2) is 0 Å². The van der Waals surface area contributed by atoms with Crippen LogP contribution in [0.4, 0.5) is 0 Å². The Morgan fingerprint density at radius 3 is 2.64 bits per heavy atom. The van der Waals surface area contributed by atoms with Gasteiger partial charge in [-0.3, -0.25) is 9.80 Å². The van der Waals surface area contributed by atoms with Gasteiger partial charge >= 0.3 is 0 Å². The molecule has 11 heavy (non-hydrogen) atoms. The third kappa shape index (κ3) is 2.75. The molecule has 0 aromatic heterocycles. The number of β-amino-alcohol motifs (C(OH)–C–C–N with tert-alkyl or cyclic N) is 1.